The van der Waals surface area contributed by atoms with E-state index < -0.39 is 16.1 Å². The molecule has 1 atom stereocenters. The second-order valence-electron chi connectivity index (χ2n) is 6.59. The Hall–Kier alpha value is -2.32. The Morgan fingerprint density at radius 3 is 2.65 bits per heavy atom. The fourth-order valence-electron chi connectivity index (χ4n) is 3.00. The summed E-state index contributed by atoms with van der Waals surface area (Å²) < 4.78 is 32.5. The number of amides is 2. The largest absolute Gasteiger partial charge is 0.446 e. The molecule has 0 saturated carbocycles. The molecule has 26 heavy (non-hydrogen) atoms. The lowest BCUT2D eigenvalue weighted by atomic mass is 10.0. The maximum atomic E-state index is 12.8. The highest BCUT2D eigenvalue weighted by atomic mass is 32.2. The zero-order valence-corrected chi connectivity index (χ0v) is 15.7. The van der Waals surface area contributed by atoms with Gasteiger partial charge in [0.05, 0.1) is 5.69 Å². The summed E-state index contributed by atoms with van der Waals surface area (Å²) in [4.78, 5) is 12.1. The summed E-state index contributed by atoms with van der Waals surface area (Å²) in [6.45, 7) is 4.63. The number of hydrogen-bond donors (Lipinski definition) is 2. The van der Waals surface area contributed by atoms with Crippen LogP contribution in [0.5, 0.6) is 0 Å². The van der Waals surface area contributed by atoms with Crippen LogP contribution in [0.3, 0.4) is 0 Å². The SMILES string of the molecule is Cc1oc(S(=O)(=O)N2CCCC(C)C2)cc1NC(=O)Nc1ccccc1. The van der Waals surface area contributed by atoms with E-state index in [-0.39, 0.29) is 5.09 Å². The number of nitrogens with one attached hydrogen (secondary N) is 2. The average Bonchev–Trinajstić information content (AvgIpc) is 2.97. The number of para-hydroxylation sites is 1. The van der Waals surface area contributed by atoms with Crippen LogP contribution in [0, 0.1) is 12.8 Å². The molecular weight excluding hydrogens is 354 g/mol. The molecule has 1 aromatic heterocycles. The number of nitrogens with zero attached hydrogens (tertiary/aromatic N) is 1. The van der Waals surface area contributed by atoms with E-state index >= 15 is 0 Å². The Bertz CT molecular complexity index is 877. The van der Waals surface area contributed by atoms with Gasteiger partial charge >= 0.3 is 6.03 Å². The van der Waals surface area contributed by atoms with Crippen molar-refractivity contribution < 1.29 is 17.6 Å². The summed E-state index contributed by atoms with van der Waals surface area (Å²) in [6, 6.07) is 9.89. The van der Waals surface area contributed by atoms with Crippen molar-refractivity contribution in [3.8, 4) is 0 Å². The minimum atomic E-state index is -3.70. The third-order valence-electron chi connectivity index (χ3n) is 4.39. The van der Waals surface area contributed by atoms with E-state index in [2.05, 4.69) is 10.6 Å². The van der Waals surface area contributed by atoms with Gasteiger partial charge in [0.1, 0.15) is 5.76 Å². The first-order valence-corrected chi connectivity index (χ1v) is 10.0. The van der Waals surface area contributed by atoms with Crippen molar-refractivity contribution in [2.24, 2.45) is 5.92 Å². The summed E-state index contributed by atoms with van der Waals surface area (Å²) in [6.07, 6.45) is 1.86. The molecule has 1 aromatic carbocycles. The van der Waals surface area contributed by atoms with Crippen molar-refractivity contribution in [3.05, 3.63) is 42.2 Å². The first-order valence-electron chi connectivity index (χ1n) is 8.60. The highest BCUT2D eigenvalue weighted by molar-refractivity contribution is 7.89. The second-order valence-corrected chi connectivity index (χ2v) is 8.46. The molecule has 2 heterocycles. The van der Waals surface area contributed by atoms with E-state index in [9.17, 15) is 13.2 Å². The minimum Gasteiger partial charge on any atom is -0.446 e. The molecule has 0 aliphatic carbocycles. The Morgan fingerprint density at radius 2 is 1.96 bits per heavy atom. The number of furan rings is 1. The van der Waals surface area contributed by atoms with Crippen molar-refractivity contribution in [2.75, 3.05) is 23.7 Å². The number of sulfonamides is 1. The van der Waals surface area contributed by atoms with E-state index in [4.69, 9.17) is 4.42 Å². The van der Waals surface area contributed by atoms with Crippen LogP contribution in [0.1, 0.15) is 25.5 Å². The molecule has 1 aliphatic rings. The molecule has 2 aromatic rings. The fourth-order valence-corrected chi connectivity index (χ4v) is 4.58. The predicted octanol–water partition coefficient (Wildman–Crippen LogP) is 3.65. The first kappa shape index (κ1) is 18.5. The van der Waals surface area contributed by atoms with E-state index in [1.807, 2.05) is 25.1 Å². The Morgan fingerprint density at radius 1 is 1.23 bits per heavy atom. The van der Waals surface area contributed by atoms with Crippen LogP contribution >= 0.6 is 0 Å². The second kappa shape index (κ2) is 7.51. The number of anilines is 2. The third kappa shape index (κ3) is 4.08. The van der Waals surface area contributed by atoms with E-state index in [0.29, 0.717) is 36.1 Å². The van der Waals surface area contributed by atoms with Crippen LogP contribution in [0.4, 0.5) is 16.2 Å². The molecule has 0 spiro atoms. The molecule has 140 valence electrons. The maximum absolute atomic E-state index is 12.8. The number of urea groups is 1. The molecule has 0 bridgehead atoms. The number of benzene rings is 1. The van der Waals surface area contributed by atoms with Gasteiger partial charge in [-0.2, -0.15) is 4.31 Å². The Balaban J connectivity index is 1.73. The van der Waals surface area contributed by atoms with Gasteiger partial charge in [0.25, 0.3) is 10.0 Å². The molecular formula is C18H23N3O4S. The standard InChI is InChI=1S/C18H23N3O4S/c1-13-7-6-10-21(12-13)26(23,24)17-11-16(14(2)25-17)20-18(22)19-15-8-4-3-5-9-15/h3-5,8-9,11,13H,6-7,10,12H2,1-2H3,(H2,19,20,22). The normalized spacial score (nSPS) is 18.5. The molecule has 2 amide bonds. The number of hydrogen-bond acceptors (Lipinski definition) is 4. The molecule has 0 radical (unpaired) electrons. The van der Waals surface area contributed by atoms with Gasteiger partial charge in [-0.1, -0.05) is 25.1 Å². The molecule has 8 heteroatoms. The summed E-state index contributed by atoms with van der Waals surface area (Å²) in [5.41, 5.74) is 0.975. The van der Waals surface area contributed by atoms with E-state index in [1.54, 1.807) is 19.1 Å². The Kier molecular flexibility index (Phi) is 5.33. The smallest absolute Gasteiger partial charge is 0.323 e. The molecule has 1 aliphatic heterocycles. The molecule has 1 fully saturated rings. The highest BCUT2D eigenvalue weighted by Crippen LogP contribution is 2.29. The highest BCUT2D eigenvalue weighted by Gasteiger charge is 2.32. The van der Waals surface area contributed by atoms with Crippen molar-refractivity contribution >= 4 is 27.4 Å². The lowest BCUT2D eigenvalue weighted by Crippen LogP contribution is -2.38. The summed E-state index contributed by atoms with van der Waals surface area (Å²) in [5, 5.41) is 5.18. The van der Waals surface area contributed by atoms with Gasteiger partial charge in [0, 0.05) is 24.8 Å². The third-order valence-corrected chi connectivity index (χ3v) is 6.11. The average molecular weight is 377 g/mol. The van der Waals surface area contributed by atoms with Crippen LogP contribution in [0.15, 0.2) is 45.9 Å². The van der Waals surface area contributed by atoms with Crippen LogP contribution in [0.2, 0.25) is 0 Å². The lowest BCUT2D eigenvalue weighted by Gasteiger charge is -2.29. The van der Waals surface area contributed by atoms with Crippen LogP contribution < -0.4 is 10.6 Å². The molecule has 1 unspecified atom stereocenters. The van der Waals surface area contributed by atoms with Crippen molar-refractivity contribution in [1.29, 1.82) is 0 Å². The van der Waals surface area contributed by atoms with Gasteiger partial charge in [-0.05, 0) is 37.8 Å². The van der Waals surface area contributed by atoms with Gasteiger partial charge in [-0.3, -0.25) is 0 Å². The summed E-state index contributed by atoms with van der Waals surface area (Å²) >= 11 is 0. The summed E-state index contributed by atoms with van der Waals surface area (Å²) in [7, 11) is -3.70. The Labute approximate surface area is 153 Å². The zero-order chi connectivity index (χ0) is 18.7. The molecule has 2 N–H and O–H groups in total. The van der Waals surface area contributed by atoms with Crippen LogP contribution in [-0.4, -0.2) is 31.8 Å². The number of carbonyl (C=O) groups excluding carboxylic acids is 1. The minimum absolute atomic E-state index is 0.140. The maximum Gasteiger partial charge on any atom is 0.323 e. The number of carbonyl (C=O) groups is 1. The predicted molar refractivity (Wildman–Crippen MR) is 99.7 cm³/mol. The van der Waals surface area contributed by atoms with Crippen molar-refractivity contribution in [2.45, 2.75) is 31.8 Å². The van der Waals surface area contributed by atoms with Crippen LogP contribution in [0.25, 0.3) is 0 Å². The van der Waals surface area contributed by atoms with E-state index in [1.165, 1.54) is 10.4 Å². The zero-order valence-electron chi connectivity index (χ0n) is 14.9. The van der Waals surface area contributed by atoms with Gasteiger partial charge in [-0.25, -0.2) is 13.2 Å². The first-order chi connectivity index (χ1) is 12.4. The van der Waals surface area contributed by atoms with Crippen molar-refractivity contribution in [3.63, 3.8) is 0 Å². The topological polar surface area (TPSA) is 91.7 Å². The molecule has 7 nitrogen and oxygen atoms in total. The van der Waals surface area contributed by atoms with Gasteiger partial charge in [0.2, 0.25) is 5.09 Å². The lowest BCUT2D eigenvalue weighted by molar-refractivity contribution is 0.262. The number of aryl methyl sites for hydroxylation is 1. The monoisotopic (exact) mass is 377 g/mol. The van der Waals surface area contributed by atoms with Crippen molar-refractivity contribution in [1.82, 2.24) is 4.31 Å². The quantitative estimate of drug-likeness (QED) is 0.851. The van der Waals surface area contributed by atoms with E-state index in [0.717, 1.165) is 12.8 Å². The summed E-state index contributed by atoms with van der Waals surface area (Å²) in [5.74, 6) is 0.667. The van der Waals surface area contributed by atoms with Crippen LogP contribution in [-0.2, 0) is 10.0 Å². The molecule has 1 saturated heterocycles. The number of piperidine rings is 1. The van der Waals surface area contributed by atoms with Gasteiger partial charge < -0.3 is 15.1 Å². The fraction of sp³-hybridized carbons (Fsp3) is 0.389. The number of rotatable bonds is 4. The molecule has 3 rings (SSSR count). The van der Waals surface area contributed by atoms with Gasteiger partial charge in [0.15, 0.2) is 0 Å². The van der Waals surface area contributed by atoms with Gasteiger partial charge in [-0.15, -0.1) is 0 Å².